The summed E-state index contributed by atoms with van der Waals surface area (Å²) in [6.07, 6.45) is 2.49. The highest BCUT2D eigenvalue weighted by Gasteiger charge is 2.23. The van der Waals surface area contributed by atoms with Crippen molar-refractivity contribution in [3.05, 3.63) is 62.6 Å². The third-order valence-corrected chi connectivity index (χ3v) is 5.68. The van der Waals surface area contributed by atoms with Gasteiger partial charge in [-0.25, -0.2) is 4.79 Å². The fourth-order valence-corrected chi connectivity index (χ4v) is 4.40. The van der Waals surface area contributed by atoms with Crippen LogP contribution < -0.4 is 10.5 Å². The number of hydrogen-bond acceptors (Lipinski definition) is 5. The van der Waals surface area contributed by atoms with Crippen LogP contribution in [0.1, 0.15) is 23.3 Å². The number of ether oxygens (including phenoxy) is 1. The smallest absolute Gasteiger partial charge is 0.336 e. The molecule has 1 aromatic carbocycles. The summed E-state index contributed by atoms with van der Waals surface area (Å²) in [5.74, 6) is 0.0972. The van der Waals surface area contributed by atoms with Crippen LogP contribution in [-0.4, -0.2) is 24.4 Å². The van der Waals surface area contributed by atoms with E-state index in [1.165, 1.54) is 15.8 Å². The van der Waals surface area contributed by atoms with Crippen molar-refractivity contribution in [3.8, 4) is 5.75 Å². The van der Waals surface area contributed by atoms with Gasteiger partial charge < -0.3 is 19.2 Å². The van der Waals surface area contributed by atoms with E-state index in [0.29, 0.717) is 12.1 Å². The number of phenolic OH excluding ortho intramolecular Hbond substituents is 1. The van der Waals surface area contributed by atoms with Crippen molar-refractivity contribution in [1.29, 1.82) is 0 Å². The molecule has 1 aliphatic heterocycles. The molecule has 1 aliphatic rings. The zero-order chi connectivity index (χ0) is 17.9. The van der Waals surface area contributed by atoms with E-state index in [1.54, 1.807) is 23.5 Å². The van der Waals surface area contributed by atoms with Crippen LogP contribution in [-0.2, 0) is 17.8 Å². The lowest BCUT2D eigenvalue weighted by Gasteiger charge is -2.22. The van der Waals surface area contributed by atoms with Crippen molar-refractivity contribution >= 4 is 22.3 Å². The molecular formula is C20H22NO4S+. The van der Waals surface area contributed by atoms with Gasteiger partial charge in [-0.3, -0.25) is 0 Å². The fourth-order valence-electron chi connectivity index (χ4n) is 3.63. The molecule has 0 bridgehead atoms. The SMILES string of the molecule is O=c1cc(C[NH+](Cc2cccs2)C[C@@H]2CCCO2)c2ccc(O)cc2o1. The molecule has 3 aromatic rings. The van der Waals surface area contributed by atoms with Crippen molar-refractivity contribution in [1.82, 2.24) is 0 Å². The predicted molar refractivity (Wildman–Crippen MR) is 101 cm³/mol. The number of thiophene rings is 1. The maximum Gasteiger partial charge on any atom is 0.336 e. The molecule has 2 aromatic heterocycles. The number of nitrogens with one attached hydrogen (secondary N) is 1. The summed E-state index contributed by atoms with van der Waals surface area (Å²) in [5, 5.41) is 12.6. The Kier molecular flexibility index (Phi) is 5.06. The molecule has 2 atom stereocenters. The second-order valence-electron chi connectivity index (χ2n) is 6.79. The molecule has 1 saturated heterocycles. The fraction of sp³-hybridized carbons (Fsp3) is 0.350. The summed E-state index contributed by atoms with van der Waals surface area (Å²) >= 11 is 1.75. The van der Waals surface area contributed by atoms with Crippen LogP contribution in [0.5, 0.6) is 5.75 Å². The van der Waals surface area contributed by atoms with Gasteiger partial charge in [0.05, 0.1) is 4.88 Å². The monoisotopic (exact) mass is 372 g/mol. The zero-order valence-corrected chi connectivity index (χ0v) is 15.3. The molecule has 0 spiro atoms. The molecule has 1 fully saturated rings. The Balaban J connectivity index is 1.63. The summed E-state index contributed by atoms with van der Waals surface area (Å²) in [6, 6.07) is 10.7. The summed E-state index contributed by atoms with van der Waals surface area (Å²) in [4.78, 5) is 14.7. The van der Waals surface area contributed by atoms with Crippen molar-refractivity contribution in [2.24, 2.45) is 0 Å². The van der Waals surface area contributed by atoms with Crippen molar-refractivity contribution in [2.45, 2.75) is 32.0 Å². The molecule has 1 unspecified atom stereocenters. The standard InChI is InChI=1S/C20H21NO4S/c22-15-5-6-18-14(9-20(23)25-19(18)10-15)11-21(12-16-3-1-7-24-16)13-17-4-2-8-26-17/h2,4-6,8-10,16,22H,1,3,7,11-13H2/p+1/t16-/m0/s1. The van der Waals surface area contributed by atoms with E-state index in [-0.39, 0.29) is 17.5 Å². The van der Waals surface area contributed by atoms with E-state index in [1.807, 2.05) is 6.07 Å². The van der Waals surface area contributed by atoms with Gasteiger partial charge in [-0.15, -0.1) is 11.3 Å². The molecule has 6 heteroatoms. The van der Waals surface area contributed by atoms with E-state index < -0.39 is 0 Å². The van der Waals surface area contributed by atoms with E-state index >= 15 is 0 Å². The number of phenols is 1. The molecule has 3 heterocycles. The quantitative estimate of drug-likeness (QED) is 0.652. The Morgan fingerprint density at radius 1 is 1.23 bits per heavy atom. The number of hydrogen-bond donors (Lipinski definition) is 2. The third-order valence-electron chi connectivity index (χ3n) is 4.80. The largest absolute Gasteiger partial charge is 0.508 e. The molecule has 136 valence electrons. The molecule has 4 rings (SSSR count). The van der Waals surface area contributed by atoms with Gasteiger partial charge in [0, 0.05) is 29.7 Å². The van der Waals surface area contributed by atoms with E-state index in [9.17, 15) is 9.90 Å². The van der Waals surface area contributed by atoms with Crippen LogP contribution in [0.25, 0.3) is 11.0 Å². The van der Waals surface area contributed by atoms with E-state index in [4.69, 9.17) is 9.15 Å². The number of rotatable bonds is 6. The number of aromatic hydroxyl groups is 1. The van der Waals surface area contributed by atoms with Gasteiger partial charge in [0.1, 0.15) is 37.1 Å². The van der Waals surface area contributed by atoms with E-state index in [0.717, 1.165) is 43.5 Å². The van der Waals surface area contributed by atoms with E-state index in [2.05, 4.69) is 17.5 Å². The molecule has 2 N–H and O–H groups in total. The lowest BCUT2D eigenvalue weighted by molar-refractivity contribution is -0.930. The second-order valence-corrected chi connectivity index (χ2v) is 7.83. The summed E-state index contributed by atoms with van der Waals surface area (Å²) in [7, 11) is 0. The minimum atomic E-state index is -0.384. The molecule has 26 heavy (non-hydrogen) atoms. The van der Waals surface area contributed by atoms with Crippen molar-refractivity contribution < 1.29 is 19.2 Å². The first kappa shape index (κ1) is 17.3. The molecule has 0 amide bonds. The molecule has 0 radical (unpaired) electrons. The first-order valence-electron chi connectivity index (χ1n) is 8.91. The summed E-state index contributed by atoms with van der Waals surface area (Å²) < 4.78 is 11.1. The van der Waals surface area contributed by atoms with Crippen LogP contribution in [0.15, 0.2) is 51.0 Å². The average Bonchev–Trinajstić information content (AvgIpc) is 3.28. The lowest BCUT2D eigenvalue weighted by Crippen LogP contribution is -3.10. The van der Waals surface area contributed by atoms with Crippen LogP contribution in [0.4, 0.5) is 0 Å². The third kappa shape index (κ3) is 3.98. The minimum absolute atomic E-state index is 0.0972. The number of quaternary nitrogens is 1. The van der Waals surface area contributed by atoms with Crippen molar-refractivity contribution in [2.75, 3.05) is 13.2 Å². The van der Waals surface area contributed by atoms with Gasteiger partial charge in [-0.1, -0.05) is 6.07 Å². The highest BCUT2D eigenvalue weighted by Crippen LogP contribution is 2.21. The van der Waals surface area contributed by atoms with Gasteiger partial charge in [0.15, 0.2) is 0 Å². The Labute approximate surface area is 155 Å². The van der Waals surface area contributed by atoms with Gasteiger partial charge >= 0.3 is 5.63 Å². The van der Waals surface area contributed by atoms with Crippen LogP contribution in [0.3, 0.4) is 0 Å². The maximum absolute atomic E-state index is 12.0. The van der Waals surface area contributed by atoms with Gasteiger partial charge in [0.2, 0.25) is 0 Å². The average molecular weight is 372 g/mol. The normalized spacial score (nSPS) is 18.4. The van der Waals surface area contributed by atoms with Gasteiger partial charge in [0.25, 0.3) is 0 Å². The Morgan fingerprint density at radius 3 is 2.92 bits per heavy atom. The summed E-state index contributed by atoms with van der Waals surface area (Å²) in [6.45, 7) is 3.37. The van der Waals surface area contributed by atoms with Crippen molar-refractivity contribution in [3.63, 3.8) is 0 Å². The Bertz CT molecular complexity index is 929. The van der Waals surface area contributed by atoms with Crippen LogP contribution >= 0.6 is 11.3 Å². The maximum atomic E-state index is 12.0. The highest BCUT2D eigenvalue weighted by atomic mass is 32.1. The minimum Gasteiger partial charge on any atom is -0.508 e. The first-order chi connectivity index (χ1) is 12.7. The Morgan fingerprint density at radius 2 is 2.15 bits per heavy atom. The second kappa shape index (κ2) is 7.61. The van der Waals surface area contributed by atoms with Gasteiger partial charge in [-0.05, 0) is 36.4 Å². The van der Waals surface area contributed by atoms with Gasteiger partial charge in [-0.2, -0.15) is 0 Å². The highest BCUT2D eigenvalue weighted by molar-refractivity contribution is 7.09. The number of fused-ring (bicyclic) bond motifs is 1. The molecule has 0 aliphatic carbocycles. The topological polar surface area (TPSA) is 64.1 Å². The predicted octanol–water partition coefficient (Wildman–Crippen LogP) is 2.32. The lowest BCUT2D eigenvalue weighted by atomic mass is 10.1. The first-order valence-corrected chi connectivity index (χ1v) is 9.78. The van der Waals surface area contributed by atoms with Crippen LogP contribution in [0, 0.1) is 0 Å². The molecule has 5 nitrogen and oxygen atoms in total. The molecule has 0 saturated carbocycles. The van der Waals surface area contributed by atoms with Crippen LogP contribution in [0.2, 0.25) is 0 Å². The summed E-state index contributed by atoms with van der Waals surface area (Å²) in [5.41, 5.74) is 0.992. The Hall–Kier alpha value is -2.15. The number of benzene rings is 1. The molecular weight excluding hydrogens is 350 g/mol. The zero-order valence-electron chi connectivity index (χ0n) is 14.4.